The highest BCUT2D eigenvalue weighted by Crippen LogP contribution is 2.39. The third-order valence-corrected chi connectivity index (χ3v) is 7.15. The third-order valence-electron chi connectivity index (χ3n) is 7.15. The molecule has 1 amide bonds. The van der Waals surface area contributed by atoms with Gasteiger partial charge >= 0.3 is 5.97 Å². The van der Waals surface area contributed by atoms with Crippen molar-refractivity contribution >= 4 is 17.6 Å². The summed E-state index contributed by atoms with van der Waals surface area (Å²) in [5.74, 6) is 1.00. The normalized spacial score (nSPS) is 21.4. The second-order valence-electron chi connectivity index (χ2n) is 9.67. The highest BCUT2D eigenvalue weighted by molar-refractivity contribution is 6.04. The minimum Gasteiger partial charge on any atom is -0.465 e. The first kappa shape index (κ1) is 24.3. The van der Waals surface area contributed by atoms with E-state index in [-0.39, 0.29) is 31.3 Å². The number of ether oxygens (including phenoxy) is 3. The van der Waals surface area contributed by atoms with E-state index in [2.05, 4.69) is 32.0 Å². The van der Waals surface area contributed by atoms with Gasteiger partial charge < -0.3 is 14.2 Å². The van der Waals surface area contributed by atoms with Gasteiger partial charge in [-0.1, -0.05) is 36.2 Å². The zero-order valence-corrected chi connectivity index (χ0v) is 21.2. The van der Waals surface area contributed by atoms with Crippen LogP contribution in [-0.2, 0) is 14.3 Å². The first-order valence-electron chi connectivity index (χ1n) is 12.7. The van der Waals surface area contributed by atoms with Crippen LogP contribution < -0.4 is 9.47 Å². The molecule has 1 saturated heterocycles. The molecular formula is C28H33N3O5. The third kappa shape index (κ3) is 4.82. The fraction of sp³-hybridized carbons (Fsp3) is 0.464. The second-order valence-corrected chi connectivity index (χ2v) is 9.67. The molecule has 8 heteroatoms. The number of piperidine rings is 1. The molecule has 5 rings (SSSR count). The Balaban J connectivity index is 1.44. The quantitative estimate of drug-likeness (QED) is 0.566. The van der Waals surface area contributed by atoms with E-state index in [1.807, 2.05) is 23.1 Å². The smallest absolute Gasteiger partial charge is 0.323 e. The number of hydrogen-bond donors (Lipinski definition) is 0. The van der Waals surface area contributed by atoms with Gasteiger partial charge in [-0.15, -0.1) is 0 Å². The topological polar surface area (TPSA) is 80.7 Å². The van der Waals surface area contributed by atoms with Crippen LogP contribution in [0.2, 0.25) is 0 Å². The molecule has 3 aliphatic heterocycles. The van der Waals surface area contributed by atoms with Crippen molar-refractivity contribution < 1.29 is 23.8 Å². The van der Waals surface area contributed by atoms with Crippen LogP contribution in [0.25, 0.3) is 0 Å². The number of amides is 1. The van der Waals surface area contributed by atoms with Crippen molar-refractivity contribution in [1.82, 2.24) is 9.91 Å². The number of benzene rings is 2. The molecule has 0 radical (unpaired) electrons. The number of nitrogens with zero attached hydrogens (tertiary/aromatic N) is 3. The summed E-state index contributed by atoms with van der Waals surface area (Å²) in [6.07, 6.45) is 3.20. The molecule has 0 bridgehead atoms. The number of carbonyl (C=O) groups is 2. The summed E-state index contributed by atoms with van der Waals surface area (Å²) in [5, 5.41) is 6.46. The standard InChI is InChI=1S/C28H33N3O5/c1-4-34-28(33)23-7-5-6-12-30(23)16-27(32)31-24(20-9-11-25-26(14-20)36-17-35-25)15-22(29-31)21-10-8-18(2)13-19(21)3/h8-11,13-14,23-24H,4-7,12,15-17H2,1-3H3/t23-,24+/m0/s1. The fourth-order valence-corrected chi connectivity index (χ4v) is 5.35. The van der Waals surface area contributed by atoms with E-state index < -0.39 is 6.04 Å². The Morgan fingerprint density at radius 1 is 1.08 bits per heavy atom. The van der Waals surface area contributed by atoms with E-state index in [4.69, 9.17) is 19.3 Å². The summed E-state index contributed by atoms with van der Waals surface area (Å²) in [4.78, 5) is 28.3. The lowest BCUT2D eigenvalue weighted by Crippen LogP contribution is -2.49. The second kappa shape index (κ2) is 10.3. The molecular weight excluding hydrogens is 458 g/mol. The molecule has 2 atom stereocenters. The predicted octanol–water partition coefficient (Wildman–Crippen LogP) is 4.13. The number of fused-ring (bicyclic) bond motifs is 1. The van der Waals surface area contributed by atoms with Crippen molar-refractivity contribution in [1.29, 1.82) is 0 Å². The van der Waals surface area contributed by atoms with Crippen molar-refractivity contribution in [2.75, 3.05) is 26.5 Å². The predicted molar refractivity (Wildman–Crippen MR) is 135 cm³/mol. The van der Waals surface area contributed by atoms with E-state index in [0.717, 1.165) is 35.2 Å². The lowest BCUT2D eigenvalue weighted by molar-refractivity contribution is -0.152. The number of rotatable bonds is 6. The number of hydrazone groups is 1. The van der Waals surface area contributed by atoms with Gasteiger partial charge in [-0.25, -0.2) is 5.01 Å². The summed E-state index contributed by atoms with van der Waals surface area (Å²) in [7, 11) is 0. The SMILES string of the molecule is CCOC(=O)[C@@H]1CCCCN1CC(=O)N1N=C(c2ccc(C)cc2C)C[C@@H]1c1ccc2c(c1)OCO2. The Morgan fingerprint density at radius 3 is 2.72 bits per heavy atom. The minimum absolute atomic E-state index is 0.119. The highest BCUT2D eigenvalue weighted by Gasteiger charge is 2.37. The molecule has 0 saturated carbocycles. The van der Waals surface area contributed by atoms with Crippen molar-refractivity contribution in [3.63, 3.8) is 0 Å². The maximum Gasteiger partial charge on any atom is 0.323 e. The average molecular weight is 492 g/mol. The lowest BCUT2D eigenvalue weighted by atomic mass is 9.95. The van der Waals surface area contributed by atoms with Gasteiger partial charge in [0.25, 0.3) is 5.91 Å². The van der Waals surface area contributed by atoms with Gasteiger partial charge in [-0.05, 0) is 63.4 Å². The van der Waals surface area contributed by atoms with Gasteiger partial charge in [0.05, 0.1) is 24.9 Å². The first-order valence-corrected chi connectivity index (χ1v) is 12.7. The molecule has 0 aromatic heterocycles. The summed E-state index contributed by atoms with van der Waals surface area (Å²) < 4.78 is 16.4. The maximum atomic E-state index is 13.7. The van der Waals surface area contributed by atoms with E-state index in [1.54, 1.807) is 11.9 Å². The van der Waals surface area contributed by atoms with Gasteiger partial charge in [0, 0.05) is 12.0 Å². The largest absolute Gasteiger partial charge is 0.465 e. The van der Waals surface area contributed by atoms with Crippen molar-refractivity contribution in [2.24, 2.45) is 5.10 Å². The summed E-state index contributed by atoms with van der Waals surface area (Å²) in [6.45, 7) is 7.28. The fourth-order valence-electron chi connectivity index (χ4n) is 5.35. The number of carbonyl (C=O) groups excluding carboxylic acids is 2. The first-order chi connectivity index (χ1) is 17.4. The van der Waals surface area contributed by atoms with Gasteiger partial charge in [0.1, 0.15) is 6.04 Å². The highest BCUT2D eigenvalue weighted by atomic mass is 16.7. The van der Waals surface area contributed by atoms with Crippen LogP contribution in [0.5, 0.6) is 11.5 Å². The Labute approximate surface area is 211 Å². The van der Waals surface area contributed by atoms with Gasteiger partial charge in [-0.2, -0.15) is 5.10 Å². The van der Waals surface area contributed by atoms with Crippen molar-refractivity contribution in [3.05, 3.63) is 58.7 Å². The molecule has 8 nitrogen and oxygen atoms in total. The monoisotopic (exact) mass is 491 g/mol. The van der Waals surface area contributed by atoms with Gasteiger partial charge in [0.2, 0.25) is 6.79 Å². The van der Waals surface area contributed by atoms with E-state index in [9.17, 15) is 9.59 Å². The van der Waals surface area contributed by atoms with Gasteiger partial charge in [-0.3, -0.25) is 14.5 Å². The zero-order chi connectivity index (χ0) is 25.2. The summed E-state index contributed by atoms with van der Waals surface area (Å²) in [5.41, 5.74) is 5.18. The summed E-state index contributed by atoms with van der Waals surface area (Å²) >= 11 is 0. The Bertz CT molecular complexity index is 1190. The van der Waals surface area contributed by atoms with Gasteiger partial charge in [0.15, 0.2) is 11.5 Å². The molecule has 2 aromatic rings. The minimum atomic E-state index is -0.392. The van der Waals surface area contributed by atoms with Crippen LogP contribution in [0.15, 0.2) is 41.5 Å². The number of aryl methyl sites for hydroxylation is 2. The molecule has 36 heavy (non-hydrogen) atoms. The molecule has 3 heterocycles. The number of hydrogen-bond acceptors (Lipinski definition) is 7. The molecule has 0 N–H and O–H groups in total. The number of esters is 1. The molecule has 190 valence electrons. The lowest BCUT2D eigenvalue weighted by Gasteiger charge is -2.34. The zero-order valence-electron chi connectivity index (χ0n) is 21.2. The van der Waals surface area contributed by atoms with Crippen LogP contribution in [-0.4, -0.2) is 60.0 Å². The Kier molecular flexibility index (Phi) is 6.96. The molecule has 0 spiro atoms. The average Bonchev–Trinajstić information content (AvgIpc) is 3.51. The molecule has 2 aromatic carbocycles. The Morgan fingerprint density at radius 2 is 1.92 bits per heavy atom. The number of likely N-dealkylation sites (tertiary alicyclic amines) is 1. The van der Waals surface area contributed by atoms with Crippen LogP contribution in [0, 0.1) is 13.8 Å². The van der Waals surface area contributed by atoms with E-state index in [0.29, 0.717) is 37.5 Å². The molecule has 1 fully saturated rings. The maximum absolute atomic E-state index is 13.7. The van der Waals surface area contributed by atoms with Crippen LogP contribution in [0.3, 0.4) is 0 Å². The van der Waals surface area contributed by atoms with Crippen LogP contribution in [0.4, 0.5) is 0 Å². The molecule has 0 unspecified atom stereocenters. The molecule has 0 aliphatic carbocycles. The van der Waals surface area contributed by atoms with Crippen LogP contribution >= 0.6 is 0 Å². The Hall–Kier alpha value is -3.39. The van der Waals surface area contributed by atoms with E-state index >= 15 is 0 Å². The summed E-state index contributed by atoms with van der Waals surface area (Å²) in [6, 6.07) is 11.4. The van der Waals surface area contributed by atoms with E-state index in [1.165, 1.54) is 5.56 Å². The molecule has 3 aliphatic rings. The van der Waals surface area contributed by atoms with Crippen molar-refractivity contribution in [2.45, 2.75) is 58.5 Å². The van der Waals surface area contributed by atoms with Crippen molar-refractivity contribution in [3.8, 4) is 11.5 Å². The van der Waals surface area contributed by atoms with Crippen LogP contribution in [0.1, 0.15) is 60.9 Å².